The predicted octanol–water partition coefficient (Wildman–Crippen LogP) is 10.0. The van der Waals surface area contributed by atoms with Crippen molar-refractivity contribution in [2.75, 3.05) is 0 Å². The lowest BCUT2D eigenvalue weighted by atomic mass is 9.96. The van der Waals surface area contributed by atoms with Crippen LogP contribution in [0.15, 0.2) is 158 Å². The average molecular weight is 459 g/mol. The van der Waals surface area contributed by atoms with Crippen LogP contribution in [0, 0.1) is 0 Å². The molecule has 0 heterocycles. The largest absolute Gasteiger partial charge is 0.0622 e. The van der Waals surface area contributed by atoms with Gasteiger partial charge in [0.05, 0.1) is 0 Å². The molecule has 0 spiro atoms. The van der Waals surface area contributed by atoms with Gasteiger partial charge in [-0.05, 0) is 55.6 Å². The van der Waals surface area contributed by atoms with Gasteiger partial charge in [0, 0.05) is 0 Å². The molecule has 0 fully saturated rings. The summed E-state index contributed by atoms with van der Waals surface area (Å²) in [4.78, 5) is 0. The normalized spacial score (nSPS) is 10.8. The molecule has 0 bridgehead atoms. The number of benzene rings is 6. The molecule has 0 aliphatic heterocycles. The maximum absolute atomic E-state index is 2.21. The second-order valence-corrected chi connectivity index (χ2v) is 9.04. The van der Waals surface area contributed by atoms with Crippen LogP contribution in [-0.2, 0) is 0 Å². The molecule has 0 unspecified atom stereocenters. The molecule has 6 rings (SSSR count). The molecule has 0 atom stereocenters. The molecule has 170 valence electrons. The van der Waals surface area contributed by atoms with Gasteiger partial charge in [-0.1, -0.05) is 158 Å². The van der Waals surface area contributed by atoms with Gasteiger partial charge < -0.3 is 0 Å². The van der Waals surface area contributed by atoms with Crippen molar-refractivity contribution in [2.45, 2.75) is 0 Å². The SMILES string of the molecule is c1ccc(-c2ccc(-c3ccc(-c4ccc(-c5ccc(-c6ccccc6)cc5)cc4)cc3)cc2)cc1. The third kappa shape index (κ3) is 4.62. The molecule has 0 aromatic heterocycles. The van der Waals surface area contributed by atoms with Gasteiger partial charge in [0.2, 0.25) is 0 Å². The highest BCUT2D eigenvalue weighted by Crippen LogP contribution is 2.30. The minimum absolute atomic E-state index is 1.23. The fourth-order valence-electron chi connectivity index (χ4n) is 4.68. The average Bonchev–Trinajstić information content (AvgIpc) is 2.98. The van der Waals surface area contributed by atoms with E-state index in [9.17, 15) is 0 Å². The third-order valence-corrected chi connectivity index (χ3v) is 6.75. The molecule has 0 aliphatic carbocycles. The molecule has 0 N–H and O–H groups in total. The smallest absolute Gasteiger partial charge is 0.0184 e. The van der Waals surface area contributed by atoms with Gasteiger partial charge in [0.15, 0.2) is 0 Å². The zero-order valence-corrected chi connectivity index (χ0v) is 20.0. The Hall–Kier alpha value is -4.68. The molecule has 0 radical (unpaired) electrons. The van der Waals surface area contributed by atoms with Crippen molar-refractivity contribution in [3.8, 4) is 55.6 Å². The number of rotatable bonds is 5. The Bertz CT molecular complexity index is 1420. The summed E-state index contributed by atoms with van der Waals surface area (Å²) in [7, 11) is 0. The summed E-state index contributed by atoms with van der Waals surface area (Å²) in [5, 5.41) is 0. The van der Waals surface area contributed by atoms with E-state index in [1.807, 2.05) is 0 Å². The van der Waals surface area contributed by atoms with Crippen LogP contribution in [0.4, 0.5) is 0 Å². The summed E-state index contributed by atoms with van der Waals surface area (Å²) in [6.07, 6.45) is 0. The van der Waals surface area contributed by atoms with Crippen molar-refractivity contribution >= 4 is 0 Å². The molecule has 0 saturated heterocycles. The first-order valence-corrected chi connectivity index (χ1v) is 12.4. The maximum atomic E-state index is 2.21. The molecule has 6 aromatic rings. The van der Waals surface area contributed by atoms with E-state index >= 15 is 0 Å². The Morgan fingerprint density at radius 1 is 0.139 bits per heavy atom. The molecule has 36 heavy (non-hydrogen) atoms. The Kier molecular flexibility index (Phi) is 6.00. The molecular formula is C36H26. The van der Waals surface area contributed by atoms with E-state index in [-0.39, 0.29) is 0 Å². The van der Waals surface area contributed by atoms with Crippen molar-refractivity contribution < 1.29 is 0 Å². The first kappa shape index (κ1) is 21.8. The van der Waals surface area contributed by atoms with E-state index < -0.39 is 0 Å². The van der Waals surface area contributed by atoms with Crippen LogP contribution in [0.1, 0.15) is 0 Å². The van der Waals surface area contributed by atoms with E-state index in [1.165, 1.54) is 55.6 Å². The molecular weight excluding hydrogens is 432 g/mol. The lowest BCUT2D eigenvalue weighted by molar-refractivity contribution is 1.56. The summed E-state index contributed by atoms with van der Waals surface area (Å²) in [6, 6.07) is 56.3. The van der Waals surface area contributed by atoms with Gasteiger partial charge in [-0.25, -0.2) is 0 Å². The van der Waals surface area contributed by atoms with Gasteiger partial charge >= 0.3 is 0 Å². The Balaban J connectivity index is 1.17. The van der Waals surface area contributed by atoms with Crippen LogP contribution < -0.4 is 0 Å². The van der Waals surface area contributed by atoms with E-state index in [0.717, 1.165) is 0 Å². The van der Waals surface area contributed by atoms with Crippen LogP contribution in [-0.4, -0.2) is 0 Å². The standard InChI is InChI=1S/C36H26/c1-3-7-27(8-4-1)29-11-15-31(16-12-29)33-19-23-35(24-20-33)36-25-21-34(22-26-36)32-17-13-30(14-18-32)28-9-5-2-6-10-28/h1-26H. The van der Waals surface area contributed by atoms with E-state index in [1.54, 1.807) is 0 Å². The van der Waals surface area contributed by atoms with Crippen LogP contribution in [0.3, 0.4) is 0 Å². The highest BCUT2D eigenvalue weighted by Gasteiger charge is 2.04. The highest BCUT2D eigenvalue weighted by molar-refractivity contribution is 5.76. The minimum atomic E-state index is 1.23. The topological polar surface area (TPSA) is 0 Å². The molecule has 0 heteroatoms. The van der Waals surface area contributed by atoms with Crippen LogP contribution in [0.25, 0.3) is 55.6 Å². The summed E-state index contributed by atoms with van der Waals surface area (Å²) in [6.45, 7) is 0. The second-order valence-electron chi connectivity index (χ2n) is 9.04. The van der Waals surface area contributed by atoms with Gasteiger partial charge in [0.1, 0.15) is 0 Å². The van der Waals surface area contributed by atoms with E-state index in [4.69, 9.17) is 0 Å². The Labute approximate surface area is 213 Å². The molecule has 0 amide bonds. The Morgan fingerprint density at radius 3 is 0.444 bits per heavy atom. The Morgan fingerprint density at radius 2 is 0.278 bits per heavy atom. The fourth-order valence-corrected chi connectivity index (χ4v) is 4.68. The minimum Gasteiger partial charge on any atom is -0.0622 e. The first-order chi connectivity index (χ1) is 17.8. The van der Waals surface area contributed by atoms with Crippen molar-refractivity contribution in [3.63, 3.8) is 0 Å². The first-order valence-electron chi connectivity index (χ1n) is 12.4. The van der Waals surface area contributed by atoms with Gasteiger partial charge in [-0.3, -0.25) is 0 Å². The zero-order valence-electron chi connectivity index (χ0n) is 20.0. The van der Waals surface area contributed by atoms with Crippen molar-refractivity contribution in [1.82, 2.24) is 0 Å². The lowest BCUT2D eigenvalue weighted by Gasteiger charge is -2.08. The quantitative estimate of drug-likeness (QED) is 0.241. The summed E-state index contributed by atoms with van der Waals surface area (Å²) >= 11 is 0. The van der Waals surface area contributed by atoms with Crippen LogP contribution in [0.2, 0.25) is 0 Å². The molecule has 0 saturated carbocycles. The summed E-state index contributed by atoms with van der Waals surface area (Å²) in [5.74, 6) is 0. The molecule has 0 nitrogen and oxygen atoms in total. The highest BCUT2D eigenvalue weighted by atomic mass is 14.1. The fraction of sp³-hybridized carbons (Fsp3) is 0. The second kappa shape index (κ2) is 9.90. The molecule has 0 aliphatic rings. The van der Waals surface area contributed by atoms with Crippen molar-refractivity contribution in [3.05, 3.63) is 158 Å². The lowest BCUT2D eigenvalue weighted by Crippen LogP contribution is -1.83. The number of hydrogen-bond donors (Lipinski definition) is 0. The third-order valence-electron chi connectivity index (χ3n) is 6.75. The number of hydrogen-bond acceptors (Lipinski definition) is 0. The van der Waals surface area contributed by atoms with Crippen LogP contribution >= 0.6 is 0 Å². The predicted molar refractivity (Wildman–Crippen MR) is 154 cm³/mol. The van der Waals surface area contributed by atoms with Crippen molar-refractivity contribution in [2.24, 2.45) is 0 Å². The van der Waals surface area contributed by atoms with Gasteiger partial charge in [-0.15, -0.1) is 0 Å². The molecule has 6 aromatic carbocycles. The monoisotopic (exact) mass is 458 g/mol. The van der Waals surface area contributed by atoms with Crippen LogP contribution in [0.5, 0.6) is 0 Å². The zero-order chi connectivity index (χ0) is 24.2. The maximum Gasteiger partial charge on any atom is -0.0184 e. The summed E-state index contributed by atoms with van der Waals surface area (Å²) < 4.78 is 0. The van der Waals surface area contributed by atoms with Gasteiger partial charge in [0.25, 0.3) is 0 Å². The van der Waals surface area contributed by atoms with Crippen molar-refractivity contribution in [1.29, 1.82) is 0 Å². The van der Waals surface area contributed by atoms with Gasteiger partial charge in [-0.2, -0.15) is 0 Å². The van der Waals surface area contributed by atoms with E-state index in [2.05, 4.69) is 158 Å². The summed E-state index contributed by atoms with van der Waals surface area (Å²) in [5.41, 5.74) is 12.4. The van der Waals surface area contributed by atoms with E-state index in [0.29, 0.717) is 0 Å².